The van der Waals surface area contributed by atoms with Crippen LogP contribution >= 0.6 is 0 Å². The van der Waals surface area contributed by atoms with Crippen LogP contribution in [0.2, 0.25) is 0 Å². The Bertz CT molecular complexity index is 1410. The summed E-state index contributed by atoms with van der Waals surface area (Å²) in [5.74, 6) is -0.380. The number of nitrogens with zero attached hydrogens (tertiary/aromatic N) is 2. The molecule has 0 aromatic heterocycles. The first kappa shape index (κ1) is 32.9. The van der Waals surface area contributed by atoms with Crippen molar-refractivity contribution in [1.29, 1.82) is 0 Å². The van der Waals surface area contributed by atoms with Crippen molar-refractivity contribution in [1.82, 2.24) is 10.2 Å². The SMILES string of the molecule is CCc1ccc(N(CCCC(=O)N(Cc2cccc(C)c2)[C@H](Cc2ccccc2)C(=O)N[C@@H](C)CC)S(C)(=O)=O)cc1. The summed E-state index contributed by atoms with van der Waals surface area (Å²) in [6, 6.07) is 24.4. The lowest BCUT2D eigenvalue weighted by Crippen LogP contribution is -2.52. The summed E-state index contributed by atoms with van der Waals surface area (Å²) in [4.78, 5) is 29.3. The van der Waals surface area contributed by atoms with Crippen molar-refractivity contribution in [2.75, 3.05) is 17.1 Å². The second kappa shape index (κ2) is 15.5. The maximum atomic E-state index is 14.0. The fourth-order valence-electron chi connectivity index (χ4n) is 4.90. The molecule has 8 heteroatoms. The fourth-order valence-corrected chi connectivity index (χ4v) is 5.87. The summed E-state index contributed by atoms with van der Waals surface area (Å²) in [5.41, 5.74) is 4.67. The Kier molecular flexibility index (Phi) is 12.2. The average Bonchev–Trinajstić information content (AvgIpc) is 2.97. The number of sulfonamides is 1. The zero-order valence-corrected chi connectivity index (χ0v) is 26.4. The minimum Gasteiger partial charge on any atom is -0.352 e. The highest BCUT2D eigenvalue weighted by Gasteiger charge is 2.31. The highest BCUT2D eigenvalue weighted by Crippen LogP contribution is 2.21. The Hall–Kier alpha value is -3.65. The van der Waals surface area contributed by atoms with Crippen molar-refractivity contribution in [2.24, 2.45) is 0 Å². The number of carbonyl (C=O) groups excluding carboxylic acids is 2. The molecule has 42 heavy (non-hydrogen) atoms. The third kappa shape index (κ3) is 9.72. The minimum atomic E-state index is -3.55. The highest BCUT2D eigenvalue weighted by atomic mass is 32.2. The first-order chi connectivity index (χ1) is 20.0. The largest absolute Gasteiger partial charge is 0.352 e. The van der Waals surface area contributed by atoms with Crippen LogP contribution in [-0.2, 0) is 39.0 Å². The maximum Gasteiger partial charge on any atom is 0.243 e. The van der Waals surface area contributed by atoms with Gasteiger partial charge in [-0.05, 0) is 61.9 Å². The second-order valence-corrected chi connectivity index (χ2v) is 12.9. The summed E-state index contributed by atoms with van der Waals surface area (Å²) < 4.78 is 26.7. The van der Waals surface area contributed by atoms with E-state index in [-0.39, 0.29) is 37.4 Å². The molecule has 0 heterocycles. The first-order valence-corrected chi connectivity index (χ1v) is 16.6. The maximum absolute atomic E-state index is 14.0. The van der Waals surface area contributed by atoms with Gasteiger partial charge in [-0.25, -0.2) is 8.42 Å². The molecule has 2 atom stereocenters. The van der Waals surface area contributed by atoms with Crippen molar-refractivity contribution >= 4 is 27.5 Å². The molecular formula is C34H45N3O4S. The van der Waals surface area contributed by atoms with E-state index in [1.807, 2.05) is 94.4 Å². The van der Waals surface area contributed by atoms with E-state index in [0.717, 1.165) is 35.1 Å². The predicted molar refractivity (Wildman–Crippen MR) is 171 cm³/mol. The summed E-state index contributed by atoms with van der Waals surface area (Å²) in [6.07, 6.45) is 3.61. The van der Waals surface area contributed by atoms with Gasteiger partial charge in [-0.3, -0.25) is 13.9 Å². The molecule has 1 N–H and O–H groups in total. The molecule has 0 fully saturated rings. The number of carbonyl (C=O) groups is 2. The number of aryl methyl sites for hydroxylation is 2. The average molecular weight is 592 g/mol. The second-order valence-electron chi connectivity index (χ2n) is 11.0. The van der Waals surface area contributed by atoms with Crippen molar-refractivity contribution in [2.45, 2.75) is 78.4 Å². The number of hydrogen-bond acceptors (Lipinski definition) is 4. The van der Waals surface area contributed by atoms with Gasteiger partial charge in [0.05, 0.1) is 11.9 Å². The number of rotatable bonds is 15. The Morgan fingerprint density at radius 3 is 2.14 bits per heavy atom. The molecule has 0 radical (unpaired) electrons. The molecule has 3 aromatic rings. The van der Waals surface area contributed by atoms with Crippen LogP contribution in [0.1, 0.15) is 62.3 Å². The fraction of sp³-hybridized carbons (Fsp3) is 0.412. The molecule has 0 saturated carbocycles. The highest BCUT2D eigenvalue weighted by molar-refractivity contribution is 7.92. The Morgan fingerprint density at radius 1 is 0.881 bits per heavy atom. The smallest absolute Gasteiger partial charge is 0.243 e. The summed E-state index contributed by atoms with van der Waals surface area (Å²) in [7, 11) is -3.55. The zero-order chi connectivity index (χ0) is 30.7. The molecule has 0 spiro atoms. The molecule has 0 unspecified atom stereocenters. The van der Waals surface area contributed by atoms with Gasteiger partial charge in [0.2, 0.25) is 21.8 Å². The van der Waals surface area contributed by atoms with Crippen LogP contribution in [-0.4, -0.2) is 50.0 Å². The third-order valence-corrected chi connectivity index (χ3v) is 8.69. The molecule has 0 saturated heterocycles. The van der Waals surface area contributed by atoms with E-state index >= 15 is 0 Å². The lowest BCUT2D eigenvalue weighted by molar-refractivity contribution is -0.141. The quantitative estimate of drug-likeness (QED) is 0.247. The van der Waals surface area contributed by atoms with Gasteiger partial charge in [-0.2, -0.15) is 0 Å². The Morgan fingerprint density at radius 2 is 1.55 bits per heavy atom. The van der Waals surface area contributed by atoms with E-state index in [4.69, 9.17) is 0 Å². The van der Waals surface area contributed by atoms with Crippen LogP contribution in [0.25, 0.3) is 0 Å². The summed E-state index contributed by atoms with van der Waals surface area (Å²) in [6.45, 7) is 8.45. The Balaban J connectivity index is 1.88. The van der Waals surface area contributed by atoms with Crippen LogP contribution in [0, 0.1) is 6.92 Å². The third-order valence-electron chi connectivity index (χ3n) is 7.49. The van der Waals surface area contributed by atoms with E-state index < -0.39 is 16.1 Å². The van der Waals surface area contributed by atoms with E-state index in [1.165, 1.54) is 10.6 Å². The molecule has 3 aromatic carbocycles. The lowest BCUT2D eigenvalue weighted by atomic mass is 10.0. The first-order valence-electron chi connectivity index (χ1n) is 14.8. The number of hydrogen-bond donors (Lipinski definition) is 1. The van der Waals surface area contributed by atoms with Crippen molar-refractivity contribution < 1.29 is 18.0 Å². The molecular weight excluding hydrogens is 546 g/mol. The number of amides is 2. The Labute approximate surface area is 252 Å². The summed E-state index contributed by atoms with van der Waals surface area (Å²) >= 11 is 0. The van der Waals surface area contributed by atoms with Crippen LogP contribution in [0.15, 0.2) is 78.9 Å². The summed E-state index contributed by atoms with van der Waals surface area (Å²) in [5, 5.41) is 3.09. The predicted octanol–water partition coefficient (Wildman–Crippen LogP) is 5.66. The number of anilines is 1. The molecule has 0 bridgehead atoms. The van der Waals surface area contributed by atoms with Crippen LogP contribution in [0.3, 0.4) is 0 Å². The number of benzene rings is 3. The van der Waals surface area contributed by atoms with Gasteiger partial charge < -0.3 is 10.2 Å². The standard InChI is InChI=1S/C34H45N3O4S/c1-6-27(4)35-34(39)32(24-29-14-9-8-10-15-29)36(25-30-16-11-13-26(3)23-30)33(38)17-12-22-37(42(5,40)41)31-20-18-28(7-2)19-21-31/h8-11,13-16,18-21,23,27,32H,6-7,12,17,22,24-25H2,1-5H3,(H,35,39)/t27-,32+/m0/s1. The van der Waals surface area contributed by atoms with Crippen LogP contribution in [0.4, 0.5) is 5.69 Å². The lowest BCUT2D eigenvalue weighted by Gasteiger charge is -2.33. The van der Waals surface area contributed by atoms with Crippen molar-refractivity contribution in [3.63, 3.8) is 0 Å². The van der Waals surface area contributed by atoms with Gasteiger partial charge in [-0.15, -0.1) is 0 Å². The van der Waals surface area contributed by atoms with E-state index in [2.05, 4.69) is 5.32 Å². The van der Waals surface area contributed by atoms with Gasteiger partial charge in [0.25, 0.3) is 0 Å². The molecule has 0 aliphatic heterocycles. The molecule has 3 rings (SSSR count). The minimum absolute atomic E-state index is 0.0332. The van der Waals surface area contributed by atoms with Gasteiger partial charge >= 0.3 is 0 Å². The van der Waals surface area contributed by atoms with Crippen LogP contribution in [0.5, 0.6) is 0 Å². The molecule has 7 nitrogen and oxygen atoms in total. The zero-order valence-electron chi connectivity index (χ0n) is 25.5. The number of nitrogens with one attached hydrogen (secondary N) is 1. The molecule has 2 amide bonds. The van der Waals surface area contributed by atoms with Gasteiger partial charge in [-0.1, -0.05) is 86.1 Å². The van der Waals surface area contributed by atoms with E-state index in [1.54, 1.807) is 17.0 Å². The van der Waals surface area contributed by atoms with Gasteiger partial charge in [0.1, 0.15) is 6.04 Å². The van der Waals surface area contributed by atoms with Crippen molar-refractivity contribution in [3.8, 4) is 0 Å². The van der Waals surface area contributed by atoms with Gasteiger partial charge in [0, 0.05) is 32.0 Å². The monoisotopic (exact) mass is 591 g/mol. The van der Waals surface area contributed by atoms with E-state index in [9.17, 15) is 18.0 Å². The topological polar surface area (TPSA) is 86.8 Å². The van der Waals surface area contributed by atoms with Crippen LogP contribution < -0.4 is 9.62 Å². The molecule has 0 aliphatic carbocycles. The molecule has 226 valence electrons. The van der Waals surface area contributed by atoms with Gasteiger partial charge in [0.15, 0.2) is 0 Å². The van der Waals surface area contributed by atoms with Crippen molar-refractivity contribution in [3.05, 3.63) is 101 Å². The normalized spacial score (nSPS) is 12.8. The van der Waals surface area contributed by atoms with E-state index in [0.29, 0.717) is 18.5 Å². The molecule has 0 aliphatic rings.